The molecule has 4 heteroatoms. The summed E-state index contributed by atoms with van der Waals surface area (Å²) in [4.78, 5) is 6.43. The topological polar surface area (TPSA) is 42.1 Å². The van der Waals surface area contributed by atoms with Crippen LogP contribution in [-0.4, -0.2) is 11.5 Å². The van der Waals surface area contributed by atoms with E-state index in [-0.39, 0.29) is 0 Å². The predicted molar refractivity (Wildman–Crippen MR) is 76.8 cm³/mol. The Balaban J connectivity index is 2.26. The van der Waals surface area contributed by atoms with Crippen molar-refractivity contribution >= 4 is 23.1 Å². The van der Waals surface area contributed by atoms with E-state index in [2.05, 4.69) is 16.8 Å². The van der Waals surface area contributed by atoms with E-state index in [0.717, 1.165) is 23.6 Å². The largest absolute Gasteiger partial charge is 0.398 e. The molecule has 18 heavy (non-hydrogen) atoms. The van der Waals surface area contributed by atoms with Crippen LogP contribution in [0.25, 0.3) is 0 Å². The summed E-state index contributed by atoms with van der Waals surface area (Å²) in [6.45, 7) is 3.61. The first kappa shape index (κ1) is 12.7. The number of para-hydroxylation sites is 1. The zero-order valence-corrected chi connectivity index (χ0v) is 11.1. The van der Waals surface area contributed by atoms with Crippen LogP contribution in [0.2, 0.25) is 5.02 Å². The minimum absolute atomic E-state index is 0.661. The van der Waals surface area contributed by atoms with Crippen LogP contribution in [0.5, 0.6) is 0 Å². The molecule has 0 bridgehead atoms. The molecule has 0 atom stereocenters. The normalized spacial score (nSPS) is 10.3. The molecule has 2 N–H and O–H groups in total. The van der Waals surface area contributed by atoms with E-state index in [9.17, 15) is 0 Å². The summed E-state index contributed by atoms with van der Waals surface area (Å²) in [5, 5.41) is 0.661. The number of nitrogen functional groups attached to an aromatic ring is 1. The Kier molecular flexibility index (Phi) is 4.05. The van der Waals surface area contributed by atoms with Crippen molar-refractivity contribution in [3.8, 4) is 0 Å². The van der Waals surface area contributed by atoms with E-state index in [0.29, 0.717) is 11.6 Å². The predicted octanol–water partition coefficient (Wildman–Crippen LogP) is 3.34. The maximum Gasteiger partial charge on any atom is 0.147 e. The summed E-state index contributed by atoms with van der Waals surface area (Å²) in [6.07, 6.45) is 1.75. The number of rotatable bonds is 4. The number of hydrogen-bond acceptors (Lipinski definition) is 3. The standard InChI is InChI=1S/C14H16ClN3/c1-2-18(14-12(15)7-5-9-17-14)10-11-6-3-4-8-13(11)16/h3-9H,2,10,16H2,1H3. The quantitative estimate of drug-likeness (QED) is 0.859. The zero-order valence-electron chi connectivity index (χ0n) is 10.3. The Morgan fingerprint density at radius 2 is 2.00 bits per heavy atom. The van der Waals surface area contributed by atoms with Crippen molar-refractivity contribution in [3.63, 3.8) is 0 Å². The van der Waals surface area contributed by atoms with Gasteiger partial charge in [0.25, 0.3) is 0 Å². The molecule has 2 rings (SSSR count). The minimum atomic E-state index is 0.661. The van der Waals surface area contributed by atoms with Gasteiger partial charge >= 0.3 is 0 Å². The lowest BCUT2D eigenvalue weighted by atomic mass is 10.1. The van der Waals surface area contributed by atoms with Crippen molar-refractivity contribution in [1.29, 1.82) is 0 Å². The van der Waals surface area contributed by atoms with Crippen LogP contribution in [0, 0.1) is 0 Å². The fraction of sp³-hybridized carbons (Fsp3) is 0.214. The Labute approximate surface area is 112 Å². The Morgan fingerprint density at radius 3 is 2.67 bits per heavy atom. The van der Waals surface area contributed by atoms with E-state index < -0.39 is 0 Å². The van der Waals surface area contributed by atoms with Gasteiger partial charge in [-0.2, -0.15) is 0 Å². The third-order valence-electron chi connectivity index (χ3n) is 2.84. The summed E-state index contributed by atoms with van der Waals surface area (Å²) in [5.74, 6) is 0.796. The van der Waals surface area contributed by atoms with Gasteiger partial charge in [-0.05, 0) is 30.7 Å². The Hall–Kier alpha value is -1.74. The smallest absolute Gasteiger partial charge is 0.147 e. The summed E-state index contributed by atoms with van der Waals surface area (Å²) in [5.41, 5.74) is 7.84. The number of anilines is 2. The maximum absolute atomic E-state index is 6.17. The van der Waals surface area contributed by atoms with E-state index in [1.165, 1.54) is 0 Å². The summed E-state index contributed by atoms with van der Waals surface area (Å²) < 4.78 is 0. The van der Waals surface area contributed by atoms with Gasteiger partial charge in [0.05, 0.1) is 5.02 Å². The first-order chi connectivity index (χ1) is 8.72. The molecule has 94 valence electrons. The molecule has 0 aliphatic carbocycles. The van der Waals surface area contributed by atoms with Gasteiger partial charge < -0.3 is 10.6 Å². The highest BCUT2D eigenvalue weighted by molar-refractivity contribution is 6.32. The molecule has 0 unspecified atom stereocenters. The molecule has 0 saturated heterocycles. The van der Waals surface area contributed by atoms with Crippen LogP contribution in [0.15, 0.2) is 42.6 Å². The molecule has 0 saturated carbocycles. The molecule has 1 aromatic carbocycles. The number of halogens is 1. The van der Waals surface area contributed by atoms with Crippen molar-refractivity contribution < 1.29 is 0 Å². The van der Waals surface area contributed by atoms with Crippen molar-refractivity contribution in [2.24, 2.45) is 0 Å². The highest BCUT2D eigenvalue weighted by Gasteiger charge is 2.11. The molecule has 0 fully saturated rings. The number of aromatic nitrogens is 1. The molecule has 1 aromatic heterocycles. The van der Waals surface area contributed by atoms with Gasteiger partial charge in [-0.3, -0.25) is 0 Å². The molecule has 1 heterocycles. The first-order valence-electron chi connectivity index (χ1n) is 5.91. The second-order valence-electron chi connectivity index (χ2n) is 4.02. The van der Waals surface area contributed by atoms with Crippen LogP contribution in [-0.2, 0) is 6.54 Å². The molecular weight excluding hydrogens is 246 g/mol. The number of benzene rings is 1. The molecule has 0 spiro atoms. The average Bonchev–Trinajstić information content (AvgIpc) is 2.39. The number of nitrogens with zero attached hydrogens (tertiary/aromatic N) is 2. The number of nitrogens with two attached hydrogens (primary N) is 1. The van der Waals surface area contributed by atoms with Gasteiger partial charge in [0.1, 0.15) is 5.82 Å². The van der Waals surface area contributed by atoms with E-state index in [4.69, 9.17) is 17.3 Å². The van der Waals surface area contributed by atoms with Crippen molar-refractivity contribution in [2.45, 2.75) is 13.5 Å². The van der Waals surface area contributed by atoms with Crippen LogP contribution < -0.4 is 10.6 Å². The highest BCUT2D eigenvalue weighted by atomic mass is 35.5. The summed E-state index contributed by atoms with van der Waals surface area (Å²) in [7, 11) is 0. The van der Waals surface area contributed by atoms with E-state index >= 15 is 0 Å². The van der Waals surface area contributed by atoms with Gasteiger partial charge in [-0.15, -0.1) is 0 Å². The Morgan fingerprint density at radius 1 is 1.22 bits per heavy atom. The lowest BCUT2D eigenvalue weighted by Crippen LogP contribution is -2.23. The van der Waals surface area contributed by atoms with Gasteiger partial charge in [0.2, 0.25) is 0 Å². The second-order valence-corrected chi connectivity index (χ2v) is 4.43. The van der Waals surface area contributed by atoms with Gasteiger partial charge in [0.15, 0.2) is 0 Å². The third kappa shape index (κ3) is 2.74. The van der Waals surface area contributed by atoms with Crippen LogP contribution in [0.3, 0.4) is 0 Å². The summed E-state index contributed by atoms with van der Waals surface area (Å²) in [6, 6.07) is 11.5. The lowest BCUT2D eigenvalue weighted by Gasteiger charge is -2.23. The minimum Gasteiger partial charge on any atom is -0.398 e. The molecule has 2 aromatic rings. The monoisotopic (exact) mass is 261 g/mol. The van der Waals surface area contributed by atoms with Crippen LogP contribution in [0.4, 0.5) is 11.5 Å². The average molecular weight is 262 g/mol. The van der Waals surface area contributed by atoms with Gasteiger partial charge in [-0.25, -0.2) is 4.98 Å². The molecule has 0 radical (unpaired) electrons. The molecule has 0 aliphatic heterocycles. The van der Waals surface area contributed by atoms with Gasteiger partial charge in [-0.1, -0.05) is 29.8 Å². The Bertz CT molecular complexity index is 528. The van der Waals surface area contributed by atoms with Crippen LogP contribution >= 0.6 is 11.6 Å². The number of pyridine rings is 1. The summed E-state index contributed by atoms with van der Waals surface area (Å²) >= 11 is 6.17. The van der Waals surface area contributed by atoms with Crippen molar-refractivity contribution in [2.75, 3.05) is 17.2 Å². The SMILES string of the molecule is CCN(Cc1ccccc1N)c1ncccc1Cl. The molecular formula is C14H16ClN3. The van der Waals surface area contributed by atoms with E-state index in [1.807, 2.05) is 36.4 Å². The third-order valence-corrected chi connectivity index (χ3v) is 3.13. The second kappa shape index (κ2) is 5.74. The van der Waals surface area contributed by atoms with Gasteiger partial charge in [0, 0.05) is 25.0 Å². The fourth-order valence-electron chi connectivity index (χ4n) is 1.83. The molecule has 3 nitrogen and oxygen atoms in total. The highest BCUT2D eigenvalue weighted by Crippen LogP contribution is 2.24. The molecule has 0 amide bonds. The lowest BCUT2D eigenvalue weighted by molar-refractivity contribution is 0.815. The first-order valence-corrected chi connectivity index (χ1v) is 6.29. The van der Waals surface area contributed by atoms with E-state index in [1.54, 1.807) is 6.20 Å². The fourth-order valence-corrected chi connectivity index (χ4v) is 2.07. The van der Waals surface area contributed by atoms with Crippen molar-refractivity contribution in [3.05, 3.63) is 53.2 Å². The number of hydrogen-bond donors (Lipinski definition) is 1. The van der Waals surface area contributed by atoms with Crippen LogP contribution in [0.1, 0.15) is 12.5 Å². The zero-order chi connectivity index (χ0) is 13.0. The van der Waals surface area contributed by atoms with Crippen molar-refractivity contribution in [1.82, 2.24) is 4.98 Å². The maximum atomic E-state index is 6.17. The molecule has 0 aliphatic rings.